The Labute approximate surface area is 108 Å². The highest BCUT2D eigenvalue weighted by molar-refractivity contribution is 5.24. The van der Waals surface area contributed by atoms with Gasteiger partial charge in [0.1, 0.15) is 0 Å². The van der Waals surface area contributed by atoms with Gasteiger partial charge >= 0.3 is 0 Å². The summed E-state index contributed by atoms with van der Waals surface area (Å²) in [5.74, 6) is 0. The maximum Gasteiger partial charge on any atom is 0.0422 e. The van der Waals surface area contributed by atoms with Crippen molar-refractivity contribution in [2.75, 3.05) is 0 Å². The van der Waals surface area contributed by atoms with E-state index in [9.17, 15) is 0 Å². The Morgan fingerprint density at radius 1 is 1.22 bits per heavy atom. The highest BCUT2D eigenvalue weighted by Crippen LogP contribution is 2.17. The Morgan fingerprint density at radius 3 is 2.67 bits per heavy atom. The largest absolute Gasteiger partial charge is 0.324 e. The van der Waals surface area contributed by atoms with Crippen LogP contribution in [-0.2, 0) is 12.8 Å². The van der Waals surface area contributed by atoms with Crippen LogP contribution in [0.25, 0.3) is 0 Å². The normalized spacial score (nSPS) is 12.4. The van der Waals surface area contributed by atoms with Gasteiger partial charge in [0, 0.05) is 36.2 Å². The van der Waals surface area contributed by atoms with Crippen molar-refractivity contribution < 1.29 is 0 Å². The number of aromatic nitrogens is 2. The molecule has 0 amide bonds. The van der Waals surface area contributed by atoms with Crippen molar-refractivity contribution in [3.63, 3.8) is 0 Å². The van der Waals surface area contributed by atoms with Gasteiger partial charge in [-0.3, -0.25) is 9.97 Å². The first-order chi connectivity index (χ1) is 8.70. The van der Waals surface area contributed by atoms with Crippen LogP contribution in [-0.4, -0.2) is 9.97 Å². The predicted molar refractivity (Wildman–Crippen MR) is 73.2 cm³/mol. The molecule has 2 rings (SSSR count). The lowest BCUT2D eigenvalue weighted by molar-refractivity contribution is 0.696. The number of nitrogens with two attached hydrogens (primary N) is 1. The van der Waals surface area contributed by atoms with E-state index in [4.69, 9.17) is 5.73 Å². The van der Waals surface area contributed by atoms with Crippen LogP contribution in [0.15, 0.2) is 36.7 Å². The lowest BCUT2D eigenvalue weighted by atomic mass is 10.0. The summed E-state index contributed by atoms with van der Waals surface area (Å²) in [6.07, 6.45) is 5.48. The second-order valence-electron chi connectivity index (χ2n) is 4.50. The van der Waals surface area contributed by atoms with Crippen LogP contribution in [0.2, 0.25) is 0 Å². The molecule has 2 heterocycles. The molecule has 1 atom stereocenters. The fourth-order valence-corrected chi connectivity index (χ4v) is 2.01. The molecule has 0 fully saturated rings. The van der Waals surface area contributed by atoms with Crippen LogP contribution in [0.1, 0.15) is 35.5 Å². The van der Waals surface area contributed by atoms with Crippen LogP contribution in [0.4, 0.5) is 0 Å². The Kier molecular flexibility index (Phi) is 4.05. The summed E-state index contributed by atoms with van der Waals surface area (Å²) < 4.78 is 0. The molecule has 0 saturated heterocycles. The molecule has 0 aliphatic carbocycles. The number of aryl methyl sites for hydroxylation is 2. The molecule has 3 heteroatoms. The SMILES string of the molecule is CCc1ccc(CC(N)c2cccnc2C)nc1. The molecule has 0 aliphatic rings. The average molecular weight is 241 g/mol. The van der Waals surface area contributed by atoms with E-state index in [1.54, 1.807) is 6.20 Å². The van der Waals surface area contributed by atoms with Gasteiger partial charge in [-0.15, -0.1) is 0 Å². The zero-order valence-corrected chi connectivity index (χ0v) is 10.9. The van der Waals surface area contributed by atoms with Gasteiger partial charge in [0.2, 0.25) is 0 Å². The van der Waals surface area contributed by atoms with E-state index in [1.807, 2.05) is 25.3 Å². The summed E-state index contributed by atoms with van der Waals surface area (Å²) in [7, 11) is 0. The third kappa shape index (κ3) is 2.93. The smallest absolute Gasteiger partial charge is 0.0422 e. The van der Waals surface area contributed by atoms with E-state index in [0.717, 1.165) is 29.8 Å². The van der Waals surface area contributed by atoms with Gasteiger partial charge in [0.25, 0.3) is 0 Å². The molecular weight excluding hydrogens is 222 g/mol. The Bertz CT molecular complexity index is 505. The van der Waals surface area contributed by atoms with Gasteiger partial charge in [-0.05, 0) is 36.6 Å². The van der Waals surface area contributed by atoms with Crippen molar-refractivity contribution in [3.05, 3.63) is 59.2 Å². The minimum Gasteiger partial charge on any atom is -0.324 e. The molecule has 0 spiro atoms. The maximum absolute atomic E-state index is 6.22. The summed E-state index contributed by atoms with van der Waals surface area (Å²) in [6, 6.07) is 8.09. The Balaban J connectivity index is 2.11. The number of rotatable bonds is 4. The Hall–Kier alpha value is -1.74. The van der Waals surface area contributed by atoms with E-state index >= 15 is 0 Å². The zero-order chi connectivity index (χ0) is 13.0. The molecule has 2 aromatic rings. The molecule has 0 aliphatic heterocycles. The van der Waals surface area contributed by atoms with Gasteiger partial charge in [0.15, 0.2) is 0 Å². The number of pyridine rings is 2. The van der Waals surface area contributed by atoms with Crippen molar-refractivity contribution in [2.45, 2.75) is 32.7 Å². The second kappa shape index (κ2) is 5.74. The van der Waals surface area contributed by atoms with E-state index in [1.165, 1.54) is 5.56 Å². The van der Waals surface area contributed by atoms with Crippen molar-refractivity contribution in [1.29, 1.82) is 0 Å². The van der Waals surface area contributed by atoms with Crippen LogP contribution >= 0.6 is 0 Å². The maximum atomic E-state index is 6.22. The molecule has 0 radical (unpaired) electrons. The number of nitrogens with zero attached hydrogens (tertiary/aromatic N) is 2. The summed E-state index contributed by atoms with van der Waals surface area (Å²) in [5, 5.41) is 0. The monoisotopic (exact) mass is 241 g/mol. The predicted octanol–water partition coefficient (Wildman–Crippen LogP) is 2.59. The lowest BCUT2D eigenvalue weighted by Crippen LogP contribution is -2.15. The van der Waals surface area contributed by atoms with Gasteiger partial charge in [-0.25, -0.2) is 0 Å². The van der Waals surface area contributed by atoms with Crippen LogP contribution in [0, 0.1) is 6.92 Å². The van der Waals surface area contributed by atoms with E-state index < -0.39 is 0 Å². The minimum atomic E-state index is -0.0429. The highest BCUT2D eigenvalue weighted by atomic mass is 14.7. The van der Waals surface area contributed by atoms with Crippen molar-refractivity contribution in [2.24, 2.45) is 5.73 Å². The quantitative estimate of drug-likeness (QED) is 0.895. The van der Waals surface area contributed by atoms with Gasteiger partial charge < -0.3 is 5.73 Å². The molecule has 0 bridgehead atoms. The molecular formula is C15H19N3. The molecule has 0 saturated carbocycles. The number of hydrogen-bond donors (Lipinski definition) is 1. The zero-order valence-electron chi connectivity index (χ0n) is 10.9. The molecule has 94 valence electrons. The summed E-state index contributed by atoms with van der Waals surface area (Å²) in [4.78, 5) is 8.71. The van der Waals surface area contributed by atoms with Crippen LogP contribution in [0.3, 0.4) is 0 Å². The fraction of sp³-hybridized carbons (Fsp3) is 0.333. The summed E-state index contributed by atoms with van der Waals surface area (Å²) in [6.45, 7) is 4.12. The van der Waals surface area contributed by atoms with Crippen LogP contribution in [0.5, 0.6) is 0 Å². The van der Waals surface area contributed by atoms with E-state index in [2.05, 4.69) is 29.0 Å². The van der Waals surface area contributed by atoms with Crippen molar-refractivity contribution in [1.82, 2.24) is 9.97 Å². The van der Waals surface area contributed by atoms with E-state index in [-0.39, 0.29) is 6.04 Å². The van der Waals surface area contributed by atoms with E-state index in [0.29, 0.717) is 0 Å². The average Bonchev–Trinajstić information content (AvgIpc) is 2.40. The van der Waals surface area contributed by atoms with Crippen molar-refractivity contribution in [3.8, 4) is 0 Å². The third-order valence-electron chi connectivity index (χ3n) is 3.17. The lowest BCUT2D eigenvalue weighted by Gasteiger charge is -2.13. The van der Waals surface area contributed by atoms with Crippen molar-refractivity contribution >= 4 is 0 Å². The van der Waals surface area contributed by atoms with Gasteiger partial charge in [-0.2, -0.15) is 0 Å². The molecule has 2 N–H and O–H groups in total. The molecule has 2 aromatic heterocycles. The summed E-state index contributed by atoms with van der Waals surface area (Å²) >= 11 is 0. The first kappa shape index (κ1) is 12.7. The van der Waals surface area contributed by atoms with Gasteiger partial charge in [-0.1, -0.05) is 19.1 Å². The topological polar surface area (TPSA) is 51.8 Å². The fourth-order valence-electron chi connectivity index (χ4n) is 2.01. The standard InChI is InChI=1S/C15H19N3/c1-3-12-6-7-13(18-10-12)9-15(16)14-5-4-8-17-11(14)2/h4-8,10,15H,3,9,16H2,1-2H3. The minimum absolute atomic E-state index is 0.0429. The molecule has 0 aromatic carbocycles. The molecule has 1 unspecified atom stereocenters. The molecule has 18 heavy (non-hydrogen) atoms. The first-order valence-electron chi connectivity index (χ1n) is 6.31. The Morgan fingerprint density at radius 2 is 2.06 bits per heavy atom. The second-order valence-corrected chi connectivity index (χ2v) is 4.50. The highest BCUT2D eigenvalue weighted by Gasteiger charge is 2.10. The number of hydrogen-bond acceptors (Lipinski definition) is 3. The first-order valence-corrected chi connectivity index (χ1v) is 6.31. The van der Waals surface area contributed by atoms with Crippen LogP contribution < -0.4 is 5.73 Å². The summed E-state index contributed by atoms with van der Waals surface area (Å²) in [5.41, 5.74) is 10.6. The van der Waals surface area contributed by atoms with Gasteiger partial charge in [0.05, 0.1) is 0 Å². The third-order valence-corrected chi connectivity index (χ3v) is 3.17. The molecule has 3 nitrogen and oxygen atoms in total.